The van der Waals surface area contributed by atoms with Crippen molar-refractivity contribution in [3.8, 4) is 0 Å². The molecule has 23 heavy (non-hydrogen) atoms. The highest BCUT2D eigenvalue weighted by atomic mass is 32.1. The Morgan fingerprint density at radius 1 is 1.26 bits per heavy atom. The van der Waals surface area contributed by atoms with E-state index in [2.05, 4.69) is 34.5 Å². The first kappa shape index (κ1) is 15.7. The summed E-state index contributed by atoms with van der Waals surface area (Å²) in [5.74, 6) is 0.736. The molecule has 0 spiro atoms. The maximum absolute atomic E-state index is 12.2. The van der Waals surface area contributed by atoms with Crippen molar-refractivity contribution in [3.63, 3.8) is 0 Å². The molecule has 0 bridgehead atoms. The summed E-state index contributed by atoms with van der Waals surface area (Å²) in [7, 11) is 0. The Bertz CT molecular complexity index is 860. The molecule has 0 aliphatic carbocycles. The van der Waals surface area contributed by atoms with Crippen molar-refractivity contribution in [1.82, 2.24) is 10.1 Å². The van der Waals surface area contributed by atoms with E-state index in [0.29, 0.717) is 18.0 Å². The molecule has 0 aliphatic rings. The molecule has 120 valence electrons. The van der Waals surface area contributed by atoms with Crippen molar-refractivity contribution >= 4 is 32.6 Å². The molecule has 3 aromatic rings. The number of thiazole rings is 1. The topological polar surface area (TPSA) is 68.0 Å². The van der Waals surface area contributed by atoms with Crippen molar-refractivity contribution in [2.24, 2.45) is 0 Å². The molecule has 0 atom stereocenters. The van der Waals surface area contributed by atoms with Crippen molar-refractivity contribution in [1.29, 1.82) is 0 Å². The number of fused-ring (bicyclic) bond motifs is 1. The third-order valence-electron chi connectivity index (χ3n) is 3.86. The molecular weight excluding hydrogens is 310 g/mol. The van der Waals surface area contributed by atoms with Crippen LogP contribution in [0.1, 0.15) is 34.6 Å². The van der Waals surface area contributed by atoms with Crippen LogP contribution in [-0.2, 0) is 11.2 Å². The lowest BCUT2D eigenvalue weighted by Crippen LogP contribution is -2.12. The number of benzene rings is 1. The largest absolute Gasteiger partial charge is 0.361 e. The number of aryl methyl sites for hydroxylation is 4. The molecule has 6 heteroatoms. The van der Waals surface area contributed by atoms with E-state index in [-0.39, 0.29) is 5.91 Å². The molecular formula is C17H19N3O2S. The van der Waals surface area contributed by atoms with E-state index in [9.17, 15) is 4.79 Å². The number of rotatable bonds is 4. The fraction of sp³-hybridized carbons (Fsp3) is 0.353. The van der Waals surface area contributed by atoms with E-state index in [1.807, 2.05) is 20.8 Å². The lowest BCUT2D eigenvalue weighted by molar-refractivity contribution is -0.116. The summed E-state index contributed by atoms with van der Waals surface area (Å²) in [5, 5.41) is 7.46. The van der Waals surface area contributed by atoms with Gasteiger partial charge in [0.25, 0.3) is 0 Å². The normalized spacial score (nSPS) is 11.1. The Labute approximate surface area is 138 Å². The summed E-state index contributed by atoms with van der Waals surface area (Å²) in [6.45, 7) is 7.86. The zero-order chi connectivity index (χ0) is 16.6. The molecule has 0 saturated heterocycles. The second-order valence-electron chi connectivity index (χ2n) is 5.80. The van der Waals surface area contributed by atoms with Gasteiger partial charge in [0.05, 0.1) is 15.9 Å². The van der Waals surface area contributed by atoms with E-state index in [1.165, 1.54) is 16.9 Å². The minimum absolute atomic E-state index is 0.0431. The van der Waals surface area contributed by atoms with E-state index in [1.54, 1.807) is 0 Å². The van der Waals surface area contributed by atoms with Gasteiger partial charge < -0.3 is 9.84 Å². The van der Waals surface area contributed by atoms with E-state index in [0.717, 1.165) is 32.8 Å². The van der Waals surface area contributed by atoms with Crippen LogP contribution < -0.4 is 5.32 Å². The Morgan fingerprint density at radius 2 is 2.04 bits per heavy atom. The van der Waals surface area contributed by atoms with Crippen LogP contribution in [-0.4, -0.2) is 16.0 Å². The Kier molecular flexibility index (Phi) is 4.17. The molecule has 3 rings (SSSR count). The van der Waals surface area contributed by atoms with Gasteiger partial charge >= 0.3 is 0 Å². The summed E-state index contributed by atoms with van der Waals surface area (Å²) in [4.78, 5) is 16.7. The zero-order valence-corrected chi connectivity index (χ0v) is 14.5. The third kappa shape index (κ3) is 3.27. The van der Waals surface area contributed by atoms with Gasteiger partial charge in [0.2, 0.25) is 5.91 Å². The van der Waals surface area contributed by atoms with Crippen LogP contribution in [0.3, 0.4) is 0 Å². The highest BCUT2D eigenvalue weighted by molar-refractivity contribution is 7.22. The molecule has 2 aromatic heterocycles. The van der Waals surface area contributed by atoms with Gasteiger partial charge in [-0.25, -0.2) is 4.98 Å². The van der Waals surface area contributed by atoms with Gasteiger partial charge in [-0.1, -0.05) is 22.6 Å². The van der Waals surface area contributed by atoms with Gasteiger partial charge in [-0.3, -0.25) is 4.79 Å². The Hall–Kier alpha value is -2.21. The average molecular weight is 329 g/mol. The molecule has 0 radical (unpaired) electrons. The molecule has 1 aromatic carbocycles. The molecule has 0 saturated carbocycles. The van der Waals surface area contributed by atoms with Gasteiger partial charge in [0.15, 0.2) is 5.13 Å². The van der Waals surface area contributed by atoms with E-state index in [4.69, 9.17) is 4.52 Å². The van der Waals surface area contributed by atoms with Crippen molar-refractivity contribution in [2.75, 3.05) is 5.32 Å². The van der Waals surface area contributed by atoms with Crippen LogP contribution in [0.15, 0.2) is 16.7 Å². The second kappa shape index (κ2) is 6.12. The van der Waals surface area contributed by atoms with Crippen LogP contribution in [0.25, 0.3) is 10.2 Å². The highest BCUT2D eigenvalue weighted by Crippen LogP contribution is 2.29. The second-order valence-corrected chi connectivity index (χ2v) is 6.83. The quantitative estimate of drug-likeness (QED) is 0.783. The number of amides is 1. The van der Waals surface area contributed by atoms with Gasteiger partial charge in [-0.05, 0) is 51.3 Å². The summed E-state index contributed by atoms with van der Waals surface area (Å²) in [6.07, 6.45) is 1.01. The van der Waals surface area contributed by atoms with E-state index < -0.39 is 0 Å². The maximum Gasteiger partial charge on any atom is 0.226 e. The molecule has 0 unspecified atom stereocenters. The first-order valence-corrected chi connectivity index (χ1v) is 8.35. The fourth-order valence-corrected chi connectivity index (χ4v) is 3.76. The van der Waals surface area contributed by atoms with Crippen LogP contribution in [0.2, 0.25) is 0 Å². The SMILES string of the molecule is Cc1cc(C)c2nc(NC(=O)CCc3c(C)noc3C)sc2c1. The average Bonchev–Trinajstić information content (AvgIpc) is 3.01. The minimum Gasteiger partial charge on any atom is -0.361 e. The number of hydrogen-bond donors (Lipinski definition) is 1. The number of carbonyl (C=O) groups excluding carboxylic acids is 1. The number of aromatic nitrogens is 2. The van der Waals surface area contributed by atoms with Gasteiger partial charge in [-0.15, -0.1) is 0 Å². The summed E-state index contributed by atoms with van der Waals surface area (Å²) in [5.41, 5.74) is 5.15. The number of hydrogen-bond acceptors (Lipinski definition) is 5. The third-order valence-corrected chi connectivity index (χ3v) is 4.78. The first-order chi connectivity index (χ1) is 10.9. The lowest BCUT2D eigenvalue weighted by atomic mass is 10.1. The number of anilines is 1. The Balaban J connectivity index is 1.69. The lowest BCUT2D eigenvalue weighted by Gasteiger charge is -2.01. The first-order valence-electron chi connectivity index (χ1n) is 7.53. The predicted octanol–water partition coefficient (Wildman–Crippen LogP) is 4.09. The standard InChI is InChI=1S/C17H19N3O2S/c1-9-7-10(2)16-14(8-9)23-17(19-16)18-15(21)6-5-13-11(3)20-22-12(13)4/h7-8H,5-6H2,1-4H3,(H,18,19,21). The highest BCUT2D eigenvalue weighted by Gasteiger charge is 2.13. The predicted molar refractivity (Wildman–Crippen MR) is 92.0 cm³/mol. The zero-order valence-electron chi connectivity index (χ0n) is 13.7. The van der Waals surface area contributed by atoms with Crippen molar-refractivity contribution < 1.29 is 9.32 Å². The van der Waals surface area contributed by atoms with Crippen LogP contribution >= 0.6 is 11.3 Å². The van der Waals surface area contributed by atoms with Crippen LogP contribution in [0, 0.1) is 27.7 Å². The summed E-state index contributed by atoms with van der Waals surface area (Å²) < 4.78 is 6.22. The number of carbonyl (C=O) groups is 1. The van der Waals surface area contributed by atoms with E-state index >= 15 is 0 Å². The fourth-order valence-electron chi connectivity index (χ4n) is 2.70. The molecule has 1 N–H and O–H groups in total. The molecule has 0 fully saturated rings. The molecule has 2 heterocycles. The van der Waals surface area contributed by atoms with Crippen molar-refractivity contribution in [2.45, 2.75) is 40.5 Å². The number of nitrogens with one attached hydrogen (secondary N) is 1. The maximum atomic E-state index is 12.2. The summed E-state index contributed by atoms with van der Waals surface area (Å²) >= 11 is 1.51. The monoisotopic (exact) mass is 329 g/mol. The minimum atomic E-state index is -0.0431. The smallest absolute Gasteiger partial charge is 0.226 e. The molecule has 1 amide bonds. The molecule has 5 nitrogen and oxygen atoms in total. The van der Waals surface area contributed by atoms with Gasteiger partial charge in [-0.2, -0.15) is 0 Å². The van der Waals surface area contributed by atoms with Gasteiger partial charge in [0, 0.05) is 12.0 Å². The van der Waals surface area contributed by atoms with Crippen LogP contribution in [0.4, 0.5) is 5.13 Å². The van der Waals surface area contributed by atoms with Crippen molar-refractivity contribution in [3.05, 3.63) is 40.3 Å². The van der Waals surface area contributed by atoms with Crippen LogP contribution in [0.5, 0.6) is 0 Å². The van der Waals surface area contributed by atoms with Gasteiger partial charge in [0.1, 0.15) is 5.76 Å². The Morgan fingerprint density at radius 3 is 2.74 bits per heavy atom. The summed E-state index contributed by atoms with van der Waals surface area (Å²) in [6, 6.07) is 4.20. The number of nitrogens with zero attached hydrogens (tertiary/aromatic N) is 2. The molecule has 0 aliphatic heterocycles.